The van der Waals surface area contributed by atoms with Gasteiger partial charge in [-0.25, -0.2) is 4.79 Å². The van der Waals surface area contributed by atoms with Crippen molar-refractivity contribution >= 4 is 11.9 Å². The van der Waals surface area contributed by atoms with Gasteiger partial charge in [0.2, 0.25) is 0 Å². The number of urea groups is 1. The van der Waals surface area contributed by atoms with E-state index in [1.165, 1.54) is 0 Å². The number of nitrogens with zero attached hydrogens (tertiary/aromatic N) is 1. The van der Waals surface area contributed by atoms with Crippen LogP contribution in [0.25, 0.3) is 0 Å². The third-order valence-corrected chi connectivity index (χ3v) is 5.10. The summed E-state index contributed by atoms with van der Waals surface area (Å²) in [5.74, 6) is 0.463. The normalized spacial score (nSPS) is 20.7. The number of carbonyl (C=O) groups excluding carboxylic acids is 2. The van der Waals surface area contributed by atoms with Crippen molar-refractivity contribution in [2.75, 3.05) is 13.2 Å². The second kappa shape index (κ2) is 9.22. The van der Waals surface area contributed by atoms with Crippen LogP contribution >= 0.6 is 0 Å². The number of aryl methyl sites for hydroxylation is 2. The van der Waals surface area contributed by atoms with Crippen LogP contribution in [0.3, 0.4) is 0 Å². The van der Waals surface area contributed by atoms with Gasteiger partial charge in [0.25, 0.3) is 5.91 Å². The SMILES string of the molecule is CCCCCCC1(C)NC(=O)N(CC(O)COc2c(C)cccc2C)C1=O. The fourth-order valence-electron chi connectivity index (χ4n) is 3.46. The Morgan fingerprint density at radius 3 is 2.48 bits per heavy atom. The molecule has 3 amide bonds. The number of nitrogens with one attached hydrogen (secondary N) is 1. The standard InChI is InChI=1S/C21H32N2O4/c1-5-6-7-8-12-21(4)19(25)23(20(26)22-21)13-17(24)14-27-18-15(2)10-9-11-16(18)3/h9-11,17,24H,5-8,12-14H2,1-4H3,(H,22,26). The summed E-state index contributed by atoms with van der Waals surface area (Å²) in [6, 6.07) is 5.39. The molecule has 2 atom stereocenters. The highest BCUT2D eigenvalue weighted by Gasteiger charge is 2.47. The van der Waals surface area contributed by atoms with Crippen molar-refractivity contribution < 1.29 is 19.4 Å². The minimum atomic E-state index is -0.943. The molecule has 6 heteroatoms. The minimum Gasteiger partial charge on any atom is -0.490 e. The number of carbonyl (C=O) groups is 2. The molecule has 27 heavy (non-hydrogen) atoms. The van der Waals surface area contributed by atoms with Crippen LogP contribution in [0.1, 0.15) is 57.1 Å². The summed E-state index contributed by atoms with van der Waals surface area (Å²) in [6.45, 7) is 7.73. The Morgan fingerprint density at radius 1 is 1.19 bits per heavy atom. The second-order valence-electron chi connectivity index (χ2n) is 7.67. The van der Waals surface area contributed by atoms with E-state index in [-0.39, 0.29) is 19.1 Å². The van der Waals surface area contributed by atoms with Crippen LogP contribution < -0.4 is 10.1 Å². The minimum absolute atomic E-state index is 0.0238. The smallest absolute Gasteiger partial charge is 0.325 e. The molecule has 2 N–H and O–H groups in total. The van der Waals surface area contributed by atoms with Gasteiger partial charge in [-0.2, -0.15) is 0 Å². The lowest BCUT2D eigenvalue weighted by molar-refractivity contribution is -0.132. The van der Waals surface area contributed by atoms with Crippen LogP contribution in [0.4, 0.5) is 4.79 Å². The summed E-state index contributed by atoms with van der Waals surface area (Å²) in [5, 5.41) is 13.1. The maximum absolute atomic E-state index is 12.7. The van der Waals surface area contributed by atoms with Gasteiger partial charge < -0.3 is 15.2 Å². The maximum Gasteiger partial charge on any atom is 0.325 e. The lowest BCUT2D eigenvalue weighted by Gasteiger charge is -2.23. The van der Waals surface area contributed by atoms with Gasteiger partial charge in [0.15, 0.2) is 0 Å². The van der Waals surface area contributed by atoms with Crippen molar-refractivity contribution in [2.45, 2.75) is 71.4 Å². The van der Waals surface area contributed by atoms with Crippen LogP contribution in [-0.2, 0) is 4.79 Å². The summed E-state index contributed by atoms with van der Waals surface area (Å²) in [4.78, 5) is 26.1. The number of benzene rings is 1. The molecule has 2 rings (SSSR count). The summed E-state index contributed by atoms with van der Waals surface area (Å²) in [6.07, 6.45) is 3.85. The van der Waals surface area contributed by atoms with Gasteiger partial charge in [0.05, 0.1) is 6.54 Å². The van der Waals surface area contributed by atoms with E-state index in [9.17, 15) is 14.7 Å². The van der Waals surface area contributed by atoms with Crippen LogP contribution in [-0.4, -0.2) is 46.7 Å². The second-order valence-corrected chi connectivity index (χ2v) is 7.67. The maximum atomic E-state index is 12.7. The fourth-order valence-corrected chi connectivity index (χ4v) is 3.46. The molecule has 1 heterocycles. The Hall–Kier alpha value is -2.08. The predicted octanol–water partition coefficient (Wildman–Crippen LogP) is 3.32. The molecule has 6 nitrogen and oxygen atoms in total. The topological polar surface area (TPSA) is 78.9 Å². The third-order valence-electron chi connectivity index (χ3n) is 5.10. The lowest BCUT2D eigenvalue weighted by Crippen LogP contribution is -2.45. The van der Waals surface area contributed by atoms with E-state index in [4.69, 9.17) is 4.74 Å². The first-order chi connectivity index (χ1) is 12.8. The average molecular weight is 376 g/mol. The Balaban J connectivity index is 1.90. The summed E-state index contributed by atoms with van der Waals surface area (Å²) >= 11 is 0. The number of rotatable bonds is 10. The molecule has 0 bridgehead atoms. The Labute approximate surface area is 161 Å². The number of imide groups is 1. The zero-order valence-corrected chi connectivity index (χ0v) is 16.9. The number of aliphatic hydroxyl groups excluding tert-OH is 1. The number of β-amino-alcohol motifs (C(OH)–C–C–N with tert-alkyl or cyclic N) is 1. The number of unbranched alkanes of at least 4 members (excludes halogenated alkanes) is 3. The van der Waals surface area contributed by atoms with Gasteiger partial charge >= 0.3 is 6.03 Å². The van der Waals surface area contributed by atoms with Gasteiger partial charge in [-0.1, -0.05) is 50.8 Å². The first kappa shape index (κ1) is 21.2. The van der Waals surface area contributed by atoms with Crippen molar-refractivity contribution in [3.8, 4) is 5.75 Å². The van der Waals surface area contributed by atoms with E-state index in [0.29, 0.717) is 6.42 Å². The Kier molecular flexibility index (Phi) is 7.25. The van der Waals surface area contributed by atoms with Crippen LogP contribution in [0, 0.1) is 13.8 Å². The molecule has 0 spiro atoms. The summed E-state index contributed by atoms with van der Waals surface area (Å²) in [7, 11) is 0. The molecule has 1 aromatic carbocycles. The predicted molar refractivity (Wildman–Crippen MR) is 105 cm³/mol. The lowest BCUT2D eigenvalue weighted by atomic mass is 9.94. The quantitative estimate of drug-likeness (QED) is 0.485. The highest BCUT2D eigenvalue weighted by atomic mass is 16.5. The number of aliphatic hydroxyl groups is 1. The number of hydrogen-bond acceptors (Lipinski definition) is 4. The van der Waals surface area contributed by atoms with Gasteiger partial charge in [0, 0.05) is 0 Å². The van der Waals surface area contributed by atoms with Crippen molar-refractivity contribution in [3.05, 3.63) is 29.3 Å². The molecule has 1 aliphatic heterocycles. The number of hydrogen-bond donors (Lipinski definition) is 2. The number of amides is 3. The van der Waals surface area contributed by atoms with Crippen molar-refractivity contribution in [1.82, 2.24) is 10.2 Å². The zero-order valence-electron chi connectivity index (χ0n) is 16.9. The van der Waals surface area contributed by atoms with Gasteiger partial charge in [-0.05, 0) is 38.3 Å². The van der Waals surface area contributed by atoms with Crippen molar-refractivity contribution in [2.24, 2.45) is 0 Å². The van der Waals surface area contributed by atoms with Crippen molar-refractivity contribution in [3.63, 3.8) is 0 Å². The summed E-state index contributed by atoms with van der Waals surface area (Å²) < 4.78 is 5.73. The number of para-hydroxylation sites is 1. The van der Waals surface area contributed by atoms with Crippen LogP contribution in [0.5, 0.6) is 5.75 Å². The monoisotopic (exact) mass is 376 g/mol. The Bertz CT molecular complexity index is 656. The third kappa shape index (κ3) is 5.22. The van der Waals surface area contributed by atoms with Crippen molar-refractivity contribution in [1.29, 1.82) is 0 Å². The van der Waals surface area contributed by atoms with E-state index in [1.807, 2.05) is 32.0 Å². The molecule has 150 valence electrons. The molecule has 1 aromatic rings. The first-order valence-electron chi connectivity index (χ1n) is 9.79. The highest BCUT2D eigenvalue weighted by molar-refractivity contribution is 6.06. The highest BCUT2D eigenvalue weighted by Crippen LogP contribution is 2.25. The molecular weight excluding hydrogens is 344 g/mol. The van der Waals surface area contributed by atoms with Gasteiger partial charge in [-0.15, -0.1) is 0 Å². The molecule has 1 aliphatic rings. The van der Waals surface area contributed by atoms with Gasteiger partial charge in [-0.3, -0.25) is 9.69 Å². The molecule has 0 saturated carbocycles. The average Bonchev–Trinajstić information content (AvgIpc) is 2.82. The van der Waals surface area contributed by atoms with E-state index >= 15 is 0 Å². The van der Waals surface area contributed by atoms with E-state index < -0.39 is 17.7 Å². The molecule has 1 saturated heterocycles. The Morgan fingerprint density at radius 2 is 1.85 bits per heavy atom. The van der Waals surface area contributed by atoms with Crippen LogP contribution in [0.2, 0.25) is 0 Å². The number of ether oxygens (including phenoxy) is 1. The fraction of sp³-hybridized carbons (Fsp3) is 0.619. The largest absolute Gasteiger partial charge is 0.490 e. The van der Waals surface area contributed by atoms with E-state index in [0.717, 1.165) is 47.5 Å². The molecule has 0 aliphatic carbocycles. The summed E-state index contributed by atoms with van der Waals surface area (Å²) in [5.41, 5.74) is 1.09. The first-order valence-corrected chi connectivity index (χ1v) is 9.79. The molecule has 2 unspecified atom stereocenters. The molecule has 0 aromatic heterocycles. The van der Waals surface area contributed by atoms with E-state index in [2.05, 4.69) is 12.2 Å². The van der Waals surface area contributed by atoms with E-state index in [1.54, 1.807) is 6.92 Å². The zero-order chi connectivity index (χ0) is 20.0. The van der Waals surface area contributed by atoms with Gasteiger partial charge in [0.1, 0.15) is 24.0 Å². The molecule has 1 fully saturated rings. The van der Waals surface area contributed by atoms with Crippen LogP contribution in [0.15, 0.2) is 18.2 Å². The molecular formula is C21H32N2O4. The molecule has 0 radical (unpaired) electrons.